The van der Waals surface area contributed by atoms with Gasteiger partial charge in [-0.3, -0.25) is 15.1 Å². The Kier molecular flexibility index (Phi) is 7.78. The zero-order chi connectivity index (χ0) is 29.2. The van der Waals surface area contributed by atoms with E-state index in [2.05, 4.69) is 83.2 Å². The highest BCUT2D eigenvalue weighted by molar-refractivity contribution is 7.99. The van der Waals surface area contributed by atoms with Gasteiger partial charge in [0.25, 0.3) is 5.69 Å². The molecule has 0 aliphatic carbocycles. The number of benzene rings is 3. The van der Waals surface area contributed by atoms with Gasteiger partial charge in [0.05, 0.1) is 22.7 Å². The summed E-state index contributed by atoms with van der Waals surface area (Å²) in [5, 5.41) is 15.2. The predicted octanol–water partition coefficient (Wildman–Crippen LogP) is 7.78. The number of pyridine rings is 1. The molecule has 5 aromatic rings. The number of rotatable bonds is 8. The zero-order valence-corrected chi connectivity index (χ0v) is 24.8. The number of thiocarbonyl (C=S) groups is 1. The van der Waals surface area contributed by atoms with Gasteiger partial charge in [-0.2, -0.15) is 0 Å². The number of non-ortho nitro benzene ring substituents is 1. The molecule has 1 saturated heterocycles. The number of hydrogen-bond acceptors (Lipinski definition) is 5. The lowest BCUT2D eigenvalue weighted by Crippen LogP contribution is -2.29. The third-order valence-electron chi connectivity index (χ3n) is 7.61. The second kappa shape index (κ2) is 11.8. The quantitative estimate of drug-likeness (QED) is 0.112. The van der Waals surface area contributed by atoms with E-state index in [0.717, 1.165) is 27.7 Å². The highest BCUT2D eigenvalue weighted by Gasteiger charge is 2.42. The van der Waals surface area contributed by atoms with E-state index in [4.69, 9.17) is 17.2 Å². The van der Waals surface area contributed by atoms with Crippen LogP contribution in [0.25, 0.3) is 0 Å². The Hall–Kier alpha value is -4.47. The summed E-state index contributed by atoms with van der Waals surface area (Å²) >= 11 is 7.52. The molecule has 7 nitrogen and oxygen atoms in total. The smallest absolute Gasteiger partial charge is 0.269 e. The summed E-state index contributed by atoms with van der Waals surface area (Å²) in [5.41, 5.74) is 6.85. The van der Waals surface area contributed by atoms with Crippen molar-refractivity contribution in [1.29, 1.82) is 0 Å². The predicted molar refractivity (Wildman–Crippen MR) is 171 cm³/mol. The third kappa shape index (κ3) is 5.53. The molecule has 0 bridgehead atoms. The van der Waals surface area contributed by atoms with Crippen LogP contribution in [-0.4, -0.2) is 19.6 Å². The van der Waals surface area contributed by atoms with Crippen molar-refractivity contribution < 1.29 is 4.92 Å². The molecule has 0 unspecified atom stereocenters. The summed E-state index contributed by atoms with van der Waals surface area (Å²) in [6.07, 6.45) is 1.82. The van der Waals surface area contributed by atoms with Gasteiger partial charge in [0.15, 0.2) is 5.11 Å². The van der Waals surface area contributed by atoms with Crippen LogP contribution in [0, 0.1) is 24.0 Å². The average molecular weight is 592 g/mol. The Morgan fingerprint density at radius 2 is 1.60 bits per heavy atom. The first kappa shape index (κ1) is 27.7. The van der Waals surface area contributed by atoms with Crippen molar-refractivity contribution in [3.63, 3.8) is 0 Å². The summed E-state index contributed by atoms with van der Waals surface area (Å²) in [7, 11) is 0. The highest BCUT2D eigenvalue weighted by atomic mass is 32.2. The molecule has 0 radical (unpaired) electrons. The largest absolute Gasteiger partial charge is 0.351 e. The number of aromatic nitrogens is 2. The number of nitrogens with zero attached hydrogens (tertiary/aromatic N) is 4. The van der Waals surface area contributed by atoms with Crippen molar-refractivity contribution in [1.82, 2.24) is 14.9 Å². The van der Waals surface area contributed by atoms with Gasteiger partial charge in [-0.05, 0) is 91.8 Å². The lowest BCUT2D eigenvalue weighted by atomic mass is 9.96. The van der Waals surface area contributed by atoms with Crippen LogP contribution in [0.15, 0.2) is 119 Å². The van der Waals surface area contributed by atoms with Gasteiger partial charge < -0.3 is 14.8 Å². The molecule has 210 valence electrons. The molecule has 2 aromatic heterocycles. The van der Waals surface area contributed by atoms with Gasteiger partial charge in [0.2, 0.25) is 0 Å². The molecule has 2 atom stereocenters. The van der Waals surface area contributed by atoms with Crippen molar-refractivity contribution in [2.45, 2.75) is 42.3 Å². The fourth-order valence-electron chi connectivity index (χ4n) is 5.53. The molecule has 0 saturated carbocycles. The first-order chi connectivity index (χ1) is 20.4. The Bertz CT molecular complexity index is 1720. The van der Waals surface area contributed by atoms with E-state index >= 15 is 0 Å². The fraction of sp³-hybridized carbons (Fsp3) is 0.152. The van der Waals surface area contributed by atoms with E-state index in [1.807, 2.05) is 30.5 Å². The van der Waals surface area contributed by atoms with E-state index in [1.54, 1.807) is 23.9 Å². The number of nitrogens with one attached hydrogen (secondary N) is 1. The Labute approximate surface area is 254 Å². The van der Waals surface area contributed by atoms with Gasteiger partial charge in [0, 0.05) is 51.7 Å². The topological polar surface area (TPSA) is 76.2 Å². The van der Waals surface area contributed by atoms with Crippen LogP contribution in [-0.2, 0) is 6.54 Å². The van der Waals surface area contributed by atoms with Gasteiger partial charge in [0.1, 0.15) is 0 Å². The molecule has 1 aliphatic rings. The maximum absolute atomic E-state index is 11.0. The number of aryl methyl sites for hydroxylation is 1. The first-order valence-corrected chi connectivity index (χ1v) is 14.8. The molecule has 1 N–H and O–H groups in total. The van der Waals surface area contributed by atoms with Crippen molar-refractivity contribution in [3.05, 3.63) is 148 Å². The van der Waals surface area contributed by atoms with Gasteiger partial charge in [-0.1, -0.05) is 48.2 Å². The van der Waals surface area contributed by atoms with Crippen LogP contribution >= 0.6 is 24.0 Å². The normalized spacial score (nSPS) is 16.4. The Morgan fingerprint density at radius 3 is 2.24 bits per heavy atom. The van der Waals surface area contributed by atoms with Crippen molar-refractivity contribution in [3.8, 4) is 0 Å². The van der Waals surface area contributed by atoms with Crippen LogP contribution in [0.4, 0.5) is 11.4 Å². The minimum absolute atomic E-state index is 0.0846. The SMILES string of the molecule is Cc1cc([C@H]2[C@H](c3ccccn3)NC(=S)N2c2ccc(Sc3ccc([N+](=O)[O-])cc3)cc2)c(C)n1Cc1ccccc1. The third-order valence-corrected chi connectivity index (χ3v) is 8.94. The van der Waals surface area contributed by atoms with E-state index in [-0.39, 0.29) is 22.7 Å². The van der Waals surface area contributed by atoms with E-state index < -0.39 is 0 Å². The number of hydrogen-bond donors (Lipinski definition) is 1. The maximum atomic E-state index is 11.0. The molecule has 1 aliphatic heterocycles. The monoisotopic (exact) mass is 591 g/mol. The minimum Gasteiger partial charge on any atom is -0.351 e. The van der Waals surface area contributed by atoms with Gasteiger partial charge in [-0.15, -0.1) is 0 Å². The molecule has 3 aromatic carbocycles. The summed E-state index contributed by atoms with van der Waals surface area (Å²) in [5.74, 6) is 0. The van der Waals surface area contributed by atoms with E-state index in [9.17, 15) is 10.1 Å². The fourth-order valence-corrected chi connectivity index (χ4v) is 6.69. The lowest BCUT2D eigenvalue weighted by molar-refractivity contribution is -0.384. The second-order valence-electron chi connectivity index (χ2n) is 10.2. The van der Waals surface area contributed by atoms with Crippen LogP contribution < -0.4 is 10.2 Å². The molecular weight excluding hydrogens is 563 g/mol. The molecule has 0 spiro atoms. The zero-order valence-electron chi connectivity index (χ0n) is 23.2. The summed E-state index contributed by atoms with van der Waals surface area (Å²) < 4.78 is 2.36. The standard InChI is InChI=1S/C33H29N5O2S2/c1-22-20-29(23(2)36(22)21-24-8-4-3-5-9-24)32-31(30-10-6-7-19-34-30)35-33(41)37(32)25-11-15-27(16-12-25)42-28-17-13-26(14-18-28)38(39)40/h3-20,31-32H,21H2,1-2H3,(H,35,41)/t31-,32-/m0/s1. The van der Waals surface area contributed by atoms with Crippen LogP contribution in [0.1, 0.15) is 40.3 Å². The highest BCUT2D eigenvalue weighted by Crippen LogP contribution is 2.44. The molecular formula is C33H29N5O2S2. The molecule has 42 heavy (non-hydrogen) atoms. The molecule has 6 rings (SSSR count). The number of anilines is 1. The Balaban J connectivity index is 1.34. The molecule has 3 heterocycles. The van der Waals surface area contributed by atoms with Crippen molar-refractivity contribution in [2.75, 3.05) is 4.90 Å². The second-order valence-corrected chi connectivity index (χ2v) is 11.8. The first-order valence-electron chi connectivity index (χ1n) is 13.6. The molecule has 9 heteroatoms. The lowest BCUT2D eigenvalue weighted by Gasteiger charge is -2.28. The molecule has 1 fully saturated rings. The van der Waals surface area contributed by atoms with Crippen LogP contribution in [0.3, 0.4) is 0 Å². The summed E-state index contributed by atoms with van der Waals surface area (Å²) in [6, 6.07) is 33.4. The maximum Gasteiger partial charge on any atom is 0.269 e. The van der Waals surface area contributed by atoms with E-state index in [0.29, 0.717) is 5.11 Å². The summed E-state index contributed by atoms with van der Waals surface area (Å²) in [6.45, 7) is 5.14. The van der Waals surface area contributed by atoms with Crippen LogP contribution in [0.2, 0.25) is 0 Å². The Morgan fingerprint density at radius 1 is 0.929 bits per heavy atom. The summed E-state index contributed by atoms with van der Waals surface area (Å²) in [4.78, 5) is 19.5. The number of nitro benzene ring substituents is 1. The average Bonchev–Trinajstić information content (AvgIpc) is 3.49. The van der Waals surface area contributed by atoms with Gasteiger partial charge in [-0.25, -0.2) is 0 Å². The van der Waals surface area contributed by atoms with Crippen LogP contribution in [0.5, 0.6) is 0 Å². The number of nitro groups is 1. The molecule has 0 amide bonds. The van der Waals surface area contributed by atoms with Gasteiger partial charge >= 0.3 is 0 Å². The van der Waals surface area contributed by atoms with Crippen molar-refractivity contribution in [2.24, 2.45) is 0 Å². The van der Waals surface area contributed by atoms with Crippen molar-refractivity contribution >= 4 is 40.5 Å². The van der Waals surface area contributed by atoms with E-state index in [1.165, 1.54) is 34.6 Å². The minimum atomic E-state index is -0.385.